The van der Waals surface area contributed by atoms with Gasteiger partial charge >= 0.3 is 6.03 Å². The first-order valence-electron chi connectivity index (χ1n) is 10.7. The van der Waals surface area contributed by atoms with E-state index < -0.39 is 0 Å². The summed E-state index contributed by atoms with van der Waals surface area (Å²) in [6, 6.07) is 15.8. The quantitative estimate of drug-likeness (QED) is 0.356. The Morgan fingerprint density at radius 2 is 1.97 bits per heavy atom. The van der Waals surface area contributed by atoms with Crippen molar-refractivity contribution in [3.8, 4) is 0 Å². The molecule has 1 aliphatic rings. The molecule has 0 spiro atoms. The van der Waals surface area contributed by atoms with E-state index in [-0.39, 0.29) is 6.03 Å². The fraction of sp³-hybridized carbons (Fsp3) is 0.200. The molecule has 1 amide bonds. The highest BCUT2D eigenvalue weighted by Gasteiger charge is 2.26. The van der Waals surface area contributed by atoms with Crippen molar-refractivity contribution in [3.63, 3.8) is 0 Å². The molecule has 0 unspecified atom stereocenters. The van der Waals surface area contributed by atoms with Crippen molar-refractivity contribution < 1.29 is 4.79 Å². The molecule has 0 fully saturated rings. The van der Waals surface area contributed by atoms with Crippen molar-refractivity contribution in [1.29, 1.82) is 0 Å². The largest absolute Gasteiger partial charge is 0.332 e. The molecular formula is C25H22Cl2N4OS. The molecule has 0 saturated heterocycles. The average Bonchev–Trinajstić information content (AvgIpc) is 3.39. The van der Waals surface area contributed by atoms with Crippen molar-refractivity contribution in [2.75, 3.05) is 13.1 Å². The SMILES string of the molecule is O=C(NCc1cnc(Cl)s1)n1c2c(c3ccccc31)CN(C/C=C/c1ccc(Cl)cc1)CC2. The van der Waals surface area contributed by atoms with Gasteiger partial charge in [-0.25, -0.2) is 9.78 Å². The van der Waals surface area contributed by atoms with Gasteiger partial charge in [0.2, 0.25) is 0 Å². The average molecular weight is 497 g/mol. The number of para-hydroxylation sites is 1. The summed E-state index contributed by atoms with van der Waals surface area (Å²) in [4.78, 5) is 20.6. The number of hydrogen-bond donors (Lipinski definition) is 1. The smallest absolute Gasteiger partial charge is 0.326 e. The van der Waals surface area contributed by atoms with Crippen molar-refractivity contribution >= 4 is 57.5 Å². The number of amides is 1. The first kappa shape index (κ1) is 22.2. The molecule has 4 aromatic rings. The van der Waals surface area contributed by atoms with Crippen LogP contribution in [0.5, 0.6) is 0 Å². The topological polar surface area (TPSA) is 50.2 Å². The summed E-state index contributed by atoms with van der Waals surface area (Å²) in [6.45, 7) is 2.96. The van der Waals surface area contributed by atoms with E-state index in [9.17, 15) is 4.79 Å². The third kappa shape index (κ3) is 4.84. The van der Waals surface area contributed by atoms with Crippen LogP contribution in [0, 0.1) is 0 Å². The summed E-state index contributed by atoms with van der Waals surface area (Å²) in [5, 5.41) is 4.90. The van der Waals surface area contributed by atoms with Crippen LogP contribution in [0.25, 0.3) is 17.0 Å². The molecule has 168 valence electrons. The summed E-state index contributed by atoms with van der Waals surface area (Å²) < 4.78 is 2.32. The Balaban J connectivity index is 1.34. The molecule has 2 aromatic heterocycles. The van der Waals surface area contributed by atoms with Crippen LogP contribution < -0.4 is 5.32 Å². The number of rotatable bonds is 5. The highest BCUT2D eigenvalue weighted by molar-refractivity contribution is 7.15. The second-order valence-corrected chi connectivity index (χ2v) is 10.1. The molecule has 0 atom stereocenters. The Labute approximate surface area is 206 Å². The predicted octanol–water partition coefficient (Wildman–Crippen LogP) is 6.23. The number of halogens is 2. The zero-order valence-electron chi connectivity index (χ0n) is 17.8. The van der Waals surface area contributed by atoms with Crippen LogP contribution in [0.2, 0.25) is 9.49 Å². The number of thiazole rings is 1. The van der Waals surface area contributed by atoms with Gasteiger partial charge in [0.25, 0.3) is 0 Å². The molecule has 33 heavy (non-hydrogen) atoms. The van der Waals surface area contributed by atoms with Crippen LogP contribution in [0.3, 0.4) is 0 Å². The molecule has 0 bridgehead atoms. The third-order valence-corrected chi connectivity index (χ3v) is 7.19. The number of hydrogen-bond acceptors (Lipinski definition) is 4. The van der Waals surface area contributed by atoms with E-state index in [4.69, 9.17) is 23.2 Å². The fourth-order valence-corrected chi connectivity index (χ4v) is 5.32. The van der Waals surface area contributed by atoms with Crippen LogP contribution >= 0.6 is 34.5 Å². The lowest BCUT2D eigenvalue weighted by molar-refractivity contribution is 0.240. The maximum absolute atomic E-state index is 13.2. The molecule has 3 heterocycles. The zero-order chi connectivity index (χ0) is 22.8. The number of benzene rings is 2. The van der Waals surface area contributed by atoms with E-state index in [1.807, 2.05) is 47.0 Å². The van der Waals surface area contributed by atoms with E-state index in [0.29, 0.717) is 11.0 Å². The Bertz CT molecular complexity index is 1330. The Hall–Kier alpha value is -2.64. The minimum atomic E-state index is -0.118. The molecule has 0 aliphatic carbocycles. The normalized spacial score (nSPS) is 14.1. The Morgan fingerprint density at radius 1 is 1.15 bits per heavy atom. The second kappa shape index (κ2) is 9.69. The zero-order valence-corrected chi connectivity index (χ0v) is 20.1. The third-order valence-electron chi connectivity index (χ3n) is 5.82. The highest BCUT2D eigenvalue weighted by atomic mass is 35.5. The summed E-state index contributed by atoms with van der Waals surface area (Å²) in [6.07, 6.45) is 6.82. The molecule has 8 heteroatoms. The molecule has 1 aliphatic heterocycles. The van der Waals surface area contributed by atoms with E-state index in [0.717, 1.165) is 58.1 Å². The van der Waals surface area contributed by atoms with Gasteiger partial charge in [-0.2, -0.15) is 0 Å². The van der Waals surface area contributed by atoms with Gasteiger partial charge in [-0.05, 0) is 29.3 Å². The maximum atomic E-state index is 13.2. The van der Waals surface area contributed by atoms with Crippen LogP contribution in [-0.2, 0) is 19.5 Å². The number of carbonyl (C=O) groups is 1. The first-order chi connectivity index (χ1) is 16.1. The predicted molar refractivity (Wildman–Crippen MR) is 136 cm³/mol. The summed E-state index contributed by atoms with van der Waals surface area (Å²) in [7, 11) is 0. The van der Waals surface area contributed by atoms with E-state index >= 15 is 0 Å². The lowest BCUT2D eigenvalue weighted by Crippen LogP contribution is -2.34. The molecule has 0 radical (unpaired) electrons. The van der Waals surface area contributed by atoms with E-state index in [2.05, 4.69) is 33.4 Å². The maximum Gasteiger partial charge on any atom is 0.326 e. The lowest BCUT2D eigenvalue weighted by Gasteiger charge is -2.27. The molecule has 5 rings (SSSR count). The minimum absolute atomic E-state index is 0.118. The van der Waals surface area contributed by atoms with Gasteiger partial charge in [-0.1, -0.05) is 65.7 Å². The lowest BCUT2D eigenvalue weighted by atomic mass is 10.0. The van der Waals surface area contributed by atoms with Gasteiger partial charge < -0.3 is 5.32 Å². The Kier molecular flexibility index (Phi) is 6.51. The molecular weight excluding hydrogens is 475 g/mol. The van der Waals surface area contributed by atoms with E-state index in [1.54, 1.807) is 6.20 Å². The number of fused-ring (bicyclic) bond motifs is 3. The summed E-state index contributed by atoms with van der Waals surface area (Å²) in [5.41, 5.74) is 4.40. The van der Waals surface area contributed by atoms with Gasteiger partial charge in [0.1, 0.15) is 0 Å². The highest BCUT2D eigenvalue weighted by Crippen LogP contribution is 2.31. The van der Waals surface area contributed by atoms with Gasteiger partial charge in [-0.3, -0.25) is 9.47 Å². The van der Waals surface area contributed by atoms with Gasteiger partial charge in [0.05, 0.1) is 12.1 Å². The van der Waals surface area contributed by atoms with Crippen molar-refractivity contribution in [2.24, 2.45) is 0 Å². The summed E-state index contributed by atoms with van der Waals surface area (Å²) >= 11 is 13.3. The molecule has 1 N–H and O–H groups in total. The number of aromatic nitrogens is 2. The number of carbonyl (C=O) groups excluding carboxylic acids is 1. The van der Waals surface area contributed by atoms with Crippen LogP contribution in [0.4, 0.5) is 4.79 Å². The van der Waals surface area contributed by atoms with Crippen LogP contribution in [-0.4, -0.2) is 33.6 Å². The number of nitrogens with one attached hydrogen (secondary N) is 1. The van der Waals surface area contributed by atoms with Gasteiger partial charge in [0.15, 0.2) is 4.47 Å². The molecule has 2 aromatic carbocycles. The summed E-state index contributed by atoms with van der Waals surface area (Å²) in [5.74, 6) is 0. The van der Waals surface area contributed by atoms with Crippen molar-refractivity contribution in [2.45, 2.75) is 19.5 Å². The van der Waals surface area contributed by atoms with Crippen LogP contribution in [0.15, 0.2) is 60.8 Å². The van der Waals surface area contributed by atoms with Crippen LogP contribution in [0.1, 0.15) is 21.7 Å². The van der Waals surface area contributed by atoms with Crippen molar-refractivity contribution in [3.05, 3.63) is 92.0 Å². The Morgan fingerprint density at radius 3 is 2.76 bits per heavy atom. The minimum Gasteiger partial charge on any atom is -0.332 e. The molecule has 5 nitrogen and oxygen atoms in total. The van der Waals surface area contributed by atoms with Crippen molar-refractivity contribution in [1.82, 2.24) is 19.8 Å². The number of nitrogens with zero attached hydrogens (tertiary/aromatic N) is 3. The molecule has 0 saturated carbocycles. The van der Waals surface area contributed by atoms with Gasteiger partial charge in [0, 0.05) is 53.2 Å². The van der Waals surface area contributed by atoms with Gasteiger partial charge in [-0.15, -0.1) is 11.3 Å². The van der Waals surface area contributed by atoms with E-state index in [1.165, 1.54) is 16.9 Å². The monoisotopic (exact) mass is 496 g/mol. The first-order valence-corrected chi connectivity index (χ1v) is 12.3. The standard InChI is InChI=1S/C25H22Cl2N4OS/c26-18-9-7-17(8-10-18)4-3-12-30-13-11-23-21(16-30)20-5-1-2-6-22(20)31(23)25(32)29-15-19-14-28-24(27)33-19/h1-10,14H,11-13,15-16H2,(H,29,32)/b4-3+. The fourth-order valence-electron chi connectivity index (χ4n) is 4.27. The second-order valence-electron chi connectivity index (χ2n) is 7.96.